The Balaban J connectivity index is 2.30. The topological polar surface area (TPSA) is 136 Å². The van der Waals surface area contributed by atoms with Gasteiger partial charge in [0, 0.05) is 12.6 Å². The number of ether oxygens (including phenoxy) is 1. The zero-order valence-electron chi connectivity index (χ0n) is 11.8. The summed E-state index contributed by atoms with van der Waals surface area (Å²) in [7, 11) is 0. The van der Waals surface area contributed by atoms with E-state index in [1.165, 1.54) is 23.1 Å². The molecule has 2 rings (SSSR count). The number of para-hydroxylation sites is 1. The molecule has 22 heavy (non-hydrogen) atoms. The first-order valence-electron chi connectivity index (χ1n) is 6.51. The van der Waals surface area contributed by atoms with Crippen LogP contribution in [0.25, 0.3) is 0 Å². The Morgan fingerprint density at radius 1 is 1.45 bits per heavy atom. The number of benzene rings is 1. The number of carbonyl (C=O) groups is 2. The van der Waals surface area contributed by atoms with Crippen LogP contribution in [0.3, 0.4) is 0 Å². The van der Waals surface area contributed by atoms with Gasteiger partial charge in [-0.1, -0.05) is 6.07 Å². The van der Waals surface area contributed by atoms with Gasteiger partial charge >= 0.3 is 5.97 Å². The number of aliphatic carboxylic acids is 1. The zero-order valence-corrected chi connectivity index (χ0v) is 11.8. The lowest BCUT2D eigenvalue weighted by atomic mass is 10.1. The number of amides is 1. The molecule has 1 amide bonds. The van der Waals surface area contributed by atoms with E-state index in [4.69, 9.17) is 15.6 Å². The Kier molecular flexibility index (Phi) is 4.27. The van der Waals surface area contributed by atoms with Crippen LogP contribution in [0.1, 0.15) is 17.3 Å². The second-order valence-corrected chi connectivity index (χ2v) is 4.98. The van der Waals surface area contributed by atoms with Crippen LogP contribution in [0.15, 0.2) is 18.2 Å². The van der Waals surface area contributed by atoms with Gasteiger partial charge in [0.2, 0.25) is 0 Å². The average molecular weight is 309 g/mol. The van der Waals surface area contributed by atoms with Crippen molar-refractivity contribution >= 4 is 23.3 Å². The van der Waals surface area contributed by atoms with Crippen molar-refractivity contribution in [2.24, 2.45) is 0 Å². The minimum Gasteiger partial charge on any atom is -0.479 e. The SMILES string of the molecule is C[C@@H]1CN(C(=O)c2cccc([N+](=O)[O-])c2N)CC(C(=O)O)O1. The Hall–Kier alpha value is -2.68. The van der Waals surface area contributed by atoms with Gasteiger partial charge in [0.15, 0.2) is 6.10 Å². The Morgan fingerprint density at radius 3 is 2.73 bits per heavy atom. The third kappa shape index (κ3) is 2.98. The molecule has 1 unspecified atom stereocenters. The minimum absolute atomic E-state index is 0.0209. The molecule has 0 saturated carbocycles. The van der Waals surface area contributed by atoms with Crippen molar-refractivity contribution in [3.8, 4) is 0 Å². The number of rotatable bonds is 3. The molecule has 1 aliphatic rings. The maximum absolute atomic E-state index is 12.5. The summed E-state index contributed by atoms with van der Waals surface area (Å²) in [4.78, 5) is 35.0. The average Bonchev–Trinajstić information content (AvgIpc) is 2.45. The lowest BCUT2D eigenvalue weighted by molar-refractivity contribution is -0.383. The summed E-state index contributed by atoms with van der Waals surface area (Å²) in [5.41, 5.74) is 5.07. The number of hydrogen-bond acceptors (Lipinski definition) is 6. The molecule has 1 aromatic carbocycles. The number of morpholine rings is 1. The molecule has 1 fully saturated rings. The summed E-state index contributed by atoms with van der Waals surface area (Å²) in [6, 6.07) is 3.94. The van der Waals surface area contributed by atoms with Crippen molar-refractivity contribution in [3.63, 3.8) is 0 Å². The number of hydrogen-bond donors (Lipinski definition) is 2. The summed E-state index contributed by atoms with van der Waals surface area (Å²) >= 11 is 0. The molecule has 118 valence electrons. The van der Waals surface area contributed by atoms with Crippen LogP contribution in [-0.2, 0) is 9.53 Å². The van der Waals surface area contributed by atoms with Crippen molar-refractivity contribution in [3.05, 3.63) is 33.9 Å². The molecule has 1 aromatic rings. The van der Waals surface area contributed by atoms with Crippen molar-refractivity contribution in [1.82, 2.24) is 4.90 Å². The molecule has 9 heteroatoms. The monoisotopic (exact) mass is 309 g/mol. The third-order valence-electron chi connectivity index (χ3n) is 3.33. The van der Waals surface area contributed by atoms with E-state index < -0.39 is 29.0 Å². The zero-order chi connectivity index (χ0) is 16.4. The molecule has 0 spiro atoms. The molecule has 9 nitrogen and oxygen atoms in total. The number of nitrogen functional groups attached to an aromatic ring is 1. The molecule has 1 aliphatic heterocycles. The van der Waals surface area contributed by atoms with Gasteiger partial charge in [-0.3, -0.25) is 14.9 Å². The molecule has 1 heterocycles. The highest BCUT2D eigenvalue weighted by molar-refractivity contribution is 6.01. The fraction of sp³-hybridized carbons (Fsp3) is 0.385. The highest BCUT2D eigenvalue weighted by Gasteiger charge is 2.34. The number of anilines is 1. The lowest BCUT2D eigenvalue weighted by Gasteiger charge is -2.35. The normalized spacial score (nSPS) is 21.4. The number of nitro benzene ring substituents is 1. The van der Waals surface area contributed by atoms with Crippen molar-refractivity contribution < 1.29 is 24.4 Å². The van der Waals surface area contributed by atoms with Gasteiger partial charge in [-0.25, -0.2) is 4.79 Å². The predicted molar refractivity (Wildman–Crippen MR) is 75.4 cm³/mol. The van der Waals surface area contributed by atoms with E-state index in [1.54, 1.807) is 6.92 Å². The van der Waals surface area contributed by atoms with E-state index >= 15 is 0 Å². The number of nitrogens with two attached hydrogens (primary N) is 1. The highest BCUT2D eigenvalue weighted by atomic mass is 16.6. The molecule has 0 aliphatic carbocycles. The quantitative estimate of drug-likeness (QED) is 0.471. The van der Waals surface area contributed by atoms with Gasteiger partial charge in [0.1, 0.15) is 5.69 Å². The van der Waals surface area contributed by atoms with Gasteiger partial charge in [0.05, 0.1) is 23.1 Å². The highest BCUT2D eigenvalue weighted by Crippen LogP contribution is 2.26. The van der Waals surface area contributed by atoms with E-state index in [2.05, 4.69) is 0 Å². The Bertz CT molecular complexity index is 632. The van der Waals surface area contributed by atoms with Crippen molar-refractivity contribution in [2.45, 2.75) is 19.1 Å². The Morgan fingerprint density at radius 2 is 2.14 bits per heavy atom. The van der Waals surface area contributed by atoms with E-state index in [-0.39, 0.29) is 30.0 Å². The van der Waals surface area contributed by atoms with Crippen molar-refractivity contribution in [1.29, 1.82) is 0 Å². The van der Waals surface area contributed by atoms with Crippen LogP contribution in [0.2, 0.25) is 0 Å². The Labute approximate surface area is 125 Å². The van der Waals surface area contributed by atoms with Crippen molar-refractivity contribution in [2.75, 3.05) is 18.8 Å². The van der Waals surface area contributed by atoms with Crippen LogP contribution >= 0.6 is 0 Å². The van der Waals surface area contributed by atoms with E-state index in [0.717, 1.165) is 0 Å². The third-order valence-corrected chi connectivity index (χ3v) is 3.33. The summed E-state index contributed by atoms with van der Waals surface area (Å²) in [6.07, 6.45) is -1.59. The number of carboxylic acid groups (broad SMARTS) is 1. The molecule has 0 radical (unpaired) electrons. The molecule has 3 N–H and O–H groups in total. The first-order chi connectivity index (χ1) is 10.3. The van der Waals surface area contributed by atoms with Gasteiger partial charge in [-0.15, -0.1) is 0 Å². The first-order valence-corrected chi connectivity index (χ1v) is 6.51. The summed E-state index contributed by atoms with van der Waals surface area (Å²) in [5, 5.41) is 19.9. The molecular formula is C13H15N3O6. The van der Waals surface area contributed by atoms with Crippen LogP contribution in [-0.4, -0.2) is 52.1 Å². The van der Waals surface area contributed by atoms with Gasteiger partial charge in [-0.2, -0.15) is 0 Å². The first kappa shape index (κ1) is 15.7. The second-order valence-electron chi connectivity index (χ2n) is 4.98. The number of nitrogens with zero attached hydrogens (tertiary/aromatic N) is 2. The molecule has 0 aromatic heterocycles. The van der Waals surface area contributed by atoms with Crippen LogP contribution < -0.4 is 5.73 Å². The smallest absolute Gasteiger partial charge is 0.334 e. The fourth-order valence-electron chi connectivity index (χ4n) is 2.32. The van der Waals surface area contributed by atoms with Crippen LogP contribution in [0.5, 0.6) is 0 Å². The predicted octanol–water partition coefficient (Wildman–Crippen LogP) is 0.491. The lowest BCUT2D eigenvalue weighted by Crippen LogP contribution is -2.51. The molecule has 1 saturated heterocycles. The van der Waals surface area contributed by atoms with Crippen LogP contribution in [0.4, 0.5) is 11.4 Å². The van der Waals surface area contributed by atoms with E-state index in [9.17, 15) is 19.7 Å². The summed E-state index contributed by atoms with van der Waals surface area (Å²) in [5.74, 6) is -1.72. The minimum atomic E-state index is -1.17. The molecule has 0 bridgehead atoms. The maximum atomic E-state index is 12.5. The fourth-order valence-corrected chi connectivity index (χ4v) is 2.32. The summed E-state index contributed by atoms with van der Waals surface area (Å²) in [6.45, 7) is 1.69. The summed E-state index contributed by atoms with van der Waals surface area (Å²) < 4.78 is 5.22. The van der Waals surface area contributed by atoms with E-state index in [0.29, 0.717) is 0 Å². The standard InChI is InChI=1S/C13H15N3O6/c1-7-5-15(6-10(22-7)13(18)19)12(17)8-3-2-4-9(11(8)14)16(20)21/h2-4,7,10H,5-6,14H2,1H3,(H,18,19)/t7-,10?/m1/s1. The maximum Gasteiger partial charge on any atom is 0.334 e. The van der Waals surface area contributed by atoms with Gasteiger partial charge in [0.25, 0.3) is 11.6 Å². The number of carbonyl (C=O) groups excluding carboxylic acids is 1. The van der Waals surface area contributed by atoms with E-state index in [1.807, 2.05) is 0 Å². The van der Waals surface area contributed by atoms with Crippen LogP contribution in [0, 0.1) is 10.1 Å². The van der Waals surface area contributed by atoms with Gasteiger partial charge < -0.3 is 20.5 Å². The molecule has 2 atom stereocenters. The largest absolute Gasteiger partial charge is 0.479 e. The second kappa shape index (κ2) is 5.98. The number of nitro groups is 1. The van der Waals surface area contributed by atoms with Gasteiger partial charge in [-0.05, 0) is 13.0 Å². The number of carboxylic acids is 1. The molecular weight excluding hydrogens is 294 g/mol.